The average Bonchev–Trinajstić information content (AvgIpc) is 3.22. The Kier molecular flexibility index (Phi) is 4.99. The Labute approximate surface area is 151 Å². The summed E-state index contributed by atoms with van der Waals surface area (Å²) in [6.07, 6.45) is 3.53. The number of aryl methyl sites for hydroxylation is 1. The van der Waals surface area contributed by atoms with Crippen molar-refractivity contribution in [3.05, 3.63) is 58.6 Å². The van der Waals surface area contributed by atoms with Crippen molar-refractivity contribution in [1.82, 2.24) is 19.7 Å². The number of carbonyl (C=O) groups excluding carboxylic acids is 1. The summed E-state index contributed by atoms with van der Waals surface area (Å²) >= 11 is 1.65. The molecule has 0 saturated carbocycles. The van der Waals surface area contributed by atoms with Crippen LogP contribution in [0.1, 0.15) is 40.8 Å². The van der Waals surface area contributed by atoms with Gasteiger partial charge in [-0.1, -0.05) is 12.1 Å². The first-order valence-electron chi connectivity index (χ1n) is 8.28. The maximum absolute atomic E-state index is 13.1. The maximum Gasteiger partial charge on any atom is 0.256 e. The summed E-state index contributed by atoms with van der Waals surface area (Å²) in [6.45, 7) is 10.9. The molecule has 0 aliphatic heterocycles. The van der Waals surface area contributed by atoms with E-state index in [0.717, 1.165) is 21.6 Å². The van der Waals surface area contributed by atoms with E-state index in [0.29, 0.717) is 18.7 Å². The van der Waals surface area contributed by atoms with E-state index in [-0.39, 0.29) is 11.9 Å². The Balaban J connectivity index is 1.96. The lowest BCUT2D eigenvalue weighted by atomic mass is 10.1. The second kappa shape index (κ2) is 7.19. The average molecular weight is 354 g/mol. The topological polar surface area (TPSA) is 51.0 Å². The number of hydrogen-bond acceptors (Lipinski definition) is 4. The highest BCUT2D eigenvalue weighted by Crippen LogP contribution is 2.21. The normalized spacial score (nSPS) is 11.2. The van der Waals surface area contributed by atoms with Crippen molar-refractivity contribution < 1.29 is 4.79 Å². The number of rotatable bonds is 6. The van der Waals surface area contributed by atoms with Crippen molar-refractivity contribution in [3.63, 3.8) is 0 Å². The van der Waals surface area contributed by atoms with E-state index in [2.05, 4.69) is 30.5 Å². The van der Waals surface area contributed by atoms with Gasteiger partial charge in [0.25, 0.3) is 5.91 Å². The van der Waals surface area contributed by atoms with Gasteiger partial charge >= 0.3 is 0 Å². The molecule has 25 heavy (non-hydrogen) atoms. The number of fused-ring (bicyclic) bond motifs is 1. The van der Waals surface area contributed by atoms with Crippen LogP contribution >= 0.6 is 11.3 Å². The van der Waals surface area contributed by atoms with E-state index in [4.69, 9.17) is 0 Å². The third-order valence-electron chi connectivity index (χ3n) is 4.04. The fourth-order valence-electron chi connectivity index (χ4n) is 2.80. The lowest BCUT2D eigenvalue weighted by Crippen LogP contribution is -2.31. The zero-order valence-electron chi connectivity index (χ0n) is 14.8. The van der Waals surface area contributed by atoms with E-state index < -0.39 is 0 Å². The van der Waals surface area contributed by atoms with E-state index >= 15 is 0 Å². The molecule has 0 aliphatic rings. The van der Waals surface area contributed by atoms with Crippen LogP contribution in [0.15, 0.2) is 42.4 Å². The van der Waals surface area contributed by atoms with Gasteiger partial charge in [-0.05, 0) is 38.3 Å². The zero-order valence-corrected chi connectivity index (χ0v) is 15.6. The highest BCUT2D eigenvalue weighted by molar-refractivity contribution is 7.09. The molecule has 0 spiro atoms. The third kappa shape index (κ3) is 3.49. The predicted octanol–water partition coefficient (Wildman–Crippen LogP) is 4.21. The van der Waals surface area contributed by atoms with Crippen molar-refractivity contribution in [2.75, 3.05) is 6.54 Å². The van der Waals surface area contributed by atoms with E-state index in [9.17, 15) is 4.79 Å². The van der Waals surface area contributed by atoms with Crippen LogP contribution in [0.25, 0.3) is 11.0 Å². The molecule has 0 N–H and O–H groups in total. The molecule has 3 rings (SSSR count). The first-order chi connectivity index (χ1) is 12.0. The van der Waals surface area contributed by atoms with Crippen LogP contribution in [-0.2, 0) is 6.54 Å². The van der Waals surface area contributed by atoms with Gasteiger partial charge in [0.2, 0.25) is 0 Å². The fraction of sp³-hybridized carbons (Fsp3) is 0.316. The van der Waals surface area contributed by atoms with Crippen LogP contribution < -0.4 is 0 Å². The Morgan fingerprint density at radius 1 is 1.48 bits per heavy atom. The molecule has 0 atom stereocenters. The molecule has 0 bridgehead atoms. The molecule has 6 heteroatoms. The fourth-order valence-corrected chi connectivity index (χ4v) is 3.52. The van der Waals surface area contributed by atoms with Gasteiger partial charge in [0.15, 0.2) is 5.65 Å². The highest BCUT2D eigenvalue weighted by atomic mass is 32.1. The largest absolute Gasteiger partial charge is 0.330 e. The molecule has 0 radical (unpaired) electrons. The molecule has 130 valence electrons. The second-order valence-electron chi connectivity index (χ2n) is 6.27. The molecular weight excluding hydrogens is 332 g/mol. The minimum Gasteiger partial charge on any atom is -0.330 e. The van der Waals surface area contributed by atoms with Crippen molar-refractivity contribution in [3.8, 4) is 0 Å². The number of pyridine rings is 1. The van der Waals surface area contributed by atoms with Crippen LogP contribution in [0.5, 0.6) is 0 Å². The van der Waals surface area contributed by atoms with Gasteiger partial charge < -0.3 is 4.90 Å². The van der Waals surface area contributed by atoms with Gasteiger partial charge in [-0.15, -0.1) is 17.9 Å². The van der Waals surface area contributed by atoms with Gasteiger partial charge in [0.05, 0.1) is 24.0 Å². The maximum atomic E-state index is 13.1. The summed E-state index contributed by atoms with van der Waals surface area (Å²) in [5.41, 5.74) is 2.16. The summed E-state index contributed by atoms with van der Waals surface area (Å²) in [4.78, 5) is 20.7. The molecular formula is C19H22N4OS. The molecule has 0 unspecified atom stereocenters. The van der Waals surface area contributed by atoms with Gasteiger partial charge in [-0.2, -0.15) is 5.10 Å². The first kappa shape index (κ1) is 17.4. The van der Waals surface area contributed by atoms with Crippen LogP contribution in [0.2, 0.25) is 0 Å². The Morgan fingerprint density at radius 2 is 2.28 bits per heavy atom. The third-order valence-corrected chi connectivity index (χ3v) is 4.90. The molecule has 5 nitrogen and oxygen atoms in total. The summed E-state index contributed by atoms with van der Waals surface area (Å²) in [6, 6.07) is 6.16. The van der Waals surface area contributed by atoms with E-state index in [1.165, 1.54) is 0 Å². The Bertz CT molecular complexity index is 896. The molecule has 0 aromatic carbocycles. The smallest absolute Gasteiger partial charge is 0.256 e. The van der Waals surface area contributed by atoms with E-state index in [1.54, 1.807) is 28.5 Å². The van der Waals surface area contributed by atoms with Crippen molar-refractivity contribution in [2.24, 2.45) is 0 Å². The number of amides is 1. The van der Waals surface area contributed by atoms with Crippen LogP contribution in [0.4, 0.5) is 0 Å². The molecule has 3 aromatic rings. The molecule has 3 aromatic heterocycles. The van der Waals surface area contributed by atoms with Crippen molar-refractivity contribution >= 4 is 28.3 Å². The summed E-state index contributed by atoms with van der Waals surface area (Å²) in [7, 11) is 0. The first-order valence-corrected chi connectivity index (χ1v) is 9.16. The Morgan fingerprint density at radius 3 is 2.92 bits per heavy atom. The Hall–Kier alpha value is -2.47. The molecule has 0 saturated heterocycles. The molecule has 1 amide bonds. The van der Waals surface area contributed by atoms with E-state index in [1.807, 2.05) is 35.2 Å². The van der Waals surface area contributed by atoms with Gasteiger partial charge in [0, 0.05) is 22.8 Å². The van der Waals surface area contributed by atoms with Crippen LogP contribution in [0.3, 0.4) is 0 Å². The minimum atomic E-state index is -0.0301. The standard InChI is InChI=1S/C19H22N4OS/c1-5-8-22(12-16-7-6-9-25-16)19(24)17-10-15-11-20-23(13(2)3)18(15)21-14(17)4/h5-7,9-11,13H,1,8,12H2,2-4H3. The van der Waals surface area contributed by atoms with Crippen LogP contribution in [-0.4, -0.2) is 32.1 Å². The number of nitrogens with zero attached hydrogens (tertiary/aromatic N) is 4. The summed E-state index contributed by atoms with van der Waals surface area (Å²) in [5, 5.41) is 7.30. The monoisotopic (exact) mass is 354 g/mol. The lowest BCUT2D eigenvalue weighted by Gasteiger charge is -2.21. The number of aromatic nitrogens is 3. The lowest BCUT2D eigenvalue weighted by molar-refractivity contribution is 0.0763. The van der Waals surface area contributed by atoms with Crippen molar-refractivity contribution in [1.29, 1.82) is 0 Å². The second-order valence-corrected chi connectivity index (χ2v) is 7.30. The quantitative estimate of drug-likeness (QED) is 0.623. The molecule has 0 fully saturated rings. The van der Waals surface area contributed by atoms with Crippen molar-refractivity contribution in [2.45, 2.75) is 33.4 Å². The van der Waals surface area contributed by atoms with Crippen LogP contribution in [0, 0.1) is 6.92 Å². The summed E-state index contributed by atoms with van der Waals surface area (Å²) < 4.78 is 1.88. The predicted molar refractivity (Wildman–Crippen MR) is 102 cm³/mol. The minimum absolute atomic E-state index is 0.0301. The van der Waals surface area contributed by atoms with Gasteiger partial charge in [-0.3, -0.25) is 4.79 Å². The van der Waals surface area contributed by atoms with Gasteiger partial charge in [0.1, 0.15) is 0 Å². The SMILES string of the molecule is C=CCN(Cc1cccs1)C(=O)c1cc2cnn(C(C)C)c2nc1C. The number of carbonyl (C=O) groups is 1. The van der Waals surface area contributed by atoms with Gasteiger partial charge in [-0.25, -0.2) is 9.67 Å². The molecule has 0 aliphatic carbocycles. The highest BCUT2D eigenvalue weighted by Gasteiger charge is 2.20. The summed E-state index contributed by atoms with van der Waals surface area (Å²) in [5.74, 6) is -0.0301. The zero-order chi connectivity index (χ0) is 18.0. The number of hydrogen-bond donors (Lipinski definition) is 0. The number of thiophene rings is 1. The molecule has 3 heterocycles.